The lowest BCUT2D eigenvalue weighted by Crippen LogP contribution is -2.17. The highest BCUT2D eigenvalue weighted by Crippen LogP contribution is 2.41. The fourth-order valence-corrected chi connectivity index (χ4v) is 3.18. The van der Waals surface area contributed by atoms with Crippen molar-refractivity contribution < 1.29 is 0 Å². The summed E-state index contributed by atoms with van der Waals surface area (Å²) in [5.41, 5.74) is 1.36. The molecule has 1 aromatic heterocycles. The third-order valence-corrected chi connectivity index (χ3v) is 4.50. The quantitative estimate of drug-likeness (QED) is 0.763. The molecule has 1 aliphatic rings. The molecule has 3 unspecified atom stereocenters. The fourth-order valence-electron chi connectivity index (χ4n) is 2.88. The SMILES string of the molecule is CC(C)c1c[nH]c(=S)n1C1CCC(C)C1C. The predicted molar refractivity (Wildman–Crippen MR) is 70.3 cm³/mol. The van der Waals surface area contributed by atoms with Crippen molar-refractivity contribution in [3.63, 3.8) is 0 Å². The molecule has 3 atom stereocenters. The Kier molecular flexibility index (Phi) is 3.24. The van der Waals surface area contributed by atoms with Crippen LogP contribution in [0.4, 0.5) is 0 Å². The van der Waals surface area contributed by atoms with Gasteiger partial charge in [-0.3, -0.25) is 0 Å². The second-order valence-corrected chi connectivity index (χ2v) is 5.91. The number of H-pyrrole nitrogens is 1. The lowest BCUT2D eigenvalue weighted by atomic mass is 9.97. The van der Waals surface area contributed by atoms with Gasteiger partial charge in [-0.05, 0) is 42.8 Å². The van der Waals surface area contributed by atoms with Gasteiger partial charge in [-0.15, -0.1) is 0 Å². The van der Waals surface area contributed by atoms with Crippen molar-refractivity contribution >= 4 is 12.2 Å². The predicted octanol–water partition coefficient (Wildman–Crippen LogP) is 4.28. The van der Waals surface area contributed by atoms with Crippen molar-refractivity contribution in [3.05, 3.63) is 16.7 Å². The van der Waals surface area contributed by atoms with Crippen LogP contribution in [0.5, 0.6) is 0 Å². The van der Waals surface area contributed by atoms with Gasteiger partial charge in [-0.1, -0.05) is 27.7 Å². The molecule has 0 bridgehead atoms. The average molecular weight is 238 g/mol. The van der Waals surface area contributed by atoms with Gasteiger partial charge in [0.05, 0.1) is 0 Å². The molecule has 1 aliphatic carbocycles. The van der Waals surface area contributed by atoms with Crippen molar-refractivity contribution in [1.29, 1.82) is 0 Å². The minimum atomic E-state index is 0.538. The summed E-state index contributed by atoms with van der Waals surface area (Å²) in [5, 5.41) is 0. The van der Waals surface area contributed by atoms with E-state index in [2.05, 4.69) is 43.4 Å². The van der Waals surface area contributed by atoms with Crippen molar-refractivity contribution in [3.8, 4) is 0 Å². The number of hydrogen-bond acceptors (Lipinski definition) is 1. The van der Waals surface area contributed by atoms with Gasteiger partial charge in [0, 0.05) is 17.9 Å². The number of aromatic amines is 1. The first-order chi connectivity index (χ1) is 7.52. The molecule has 3 heteroatoms. The Morgan fingerprint density at radius 1 is 1.38 bits per heavy atom. The highest BCUT2D eigenvalue weighted by molar-refractivity contribution is 7.71. The molecule has 0 saturated heterocycles. The second-order valence-electron chi connectivity index (χ2n) is 5.52. The number of nitrogens with zero attached hydrogens (tertiary/aromatic N) is 1. The summed E-state index contributed by atoms with van der Waals surface area (Å²) >= 11 is 5.43. The summed E-state index contributed by atoms with van der Waals surface area (Å²) in [6.07, 6.45) is 4.69. The Morgan fingerprint density at radius 2 is 2.06 bits per heavy atom. The van der Waals surface area contributed by atoms with E-state index in [1.165, 1.54) is 18.5 Å². The Hall–Kier alpha value is -0.570. The number of nitrogens with one attached hydrogen (secondary N) is 1. The maximum atomic E-state index is 5.43. The topological polar surface area (TPSA) is 20.7 Å². The maximum Gasteiger partial charge on any atom is 0.177 e. The Morgan fingerprint density at radius 3 is 2.56 bits per heavy atom. The second kappa shape index (κ2) is 4.36. The van der Waals surface area contributed by atoms with E-state index in [1.54, 1.807) is 0 Å². The lowest BCUT2D eigenvalue weighted by Gasteiger charge is -2.23. The Balaban J connectivity index is 2.40. The van der Waals surface area contributed by atoms with Crippen molar-refractivity contribution in [2.45, 2.75) is 52.5 Å². The van der Waals surface area contributed by atoms with Crippen molar-refractivity contribution in [1.82, 2.24) is 9.55 Å². The molecular formula is C13H22N2S. The molecule has 0 amide bonds. The zero-order chi connectivity index (χ0) is 11.9. The minimum absolute atomic E-state index is 0.538. The number of rotatable bonds is 2. The molecule has 0 radical (unpaired) electrons. The van der Waals surface area contributed by atoms with E-state index in [0.29, 0.717) is 12.0 Å². The molecule has 1 aromatic rings. The fraction of sp³-hybridized carbons (Fsp3) is 0.769. The summed E-state index contributed by atoms with van der Waals surface area (Å²) in [4.78, 5) is 3.21. The van der Waals surface area contributed by atoms with E-state index in [1.807, 2.05) is 0 Å². The van der Waals surface area contributed by atoms with E-state index < -0.39 is 0 Å². The third kappa shape index (κ3) is 1.86. The molecule has 1 fully saturated rings. The summed E-state index contributed by atoms with van der Waals surface area (Å²) < 4.78 is 3.27. The van der Waals surface area contributed by atoms with Crippen LogP contribution in [0.3, 0.4) is 0 Å². The number of hydrogen-bond donors (Lipinski definition) is 1. The van der Waals surface area contributed by atoms with Crippen molar-refractivity contribution in [2.24, 2.45) is 11.8 Å². The van der Waals surface area contributed by atoms with Gasteiger partial charge >= 0.3 is 0 Å². The van der Waals surface area contributed by atoms with Crippen LogP contribution in [0.25, 0.3) is 0 Å². The van der Waals surface area contributed by atoms with Crippen LogP contribution in [-0.4, -0.2) is 9.55 Å². The molecule has 1 saturated carbocycles. The molecule has 0 aliphatic heterocycles. The van der Waals surface area contributed by atoms with Crippen LogP contribution in [0.1, 0.15) is 58.2 Å². The first kappa shape index (κ1) is 11.9. The highest BCUT2D eigenvalue weighted by Gasteiger charge is 2.32. The third-order valence-electron chi connectivity index (χ3n) is 4.19. The summed E-state index contributed by atoms with van der Waals surface area (Å²) in [5.74, 6) is 2.10. The van der Waals surface area contributed by atoms with Crippen LogP contribution in [0.15, 0.2) is 6.20 Å². The smallest absolute Gasteiger partial charge is 0.177 e. The first-order valence-corrected chi connectivity index (χ1v) is 6.73. The average Bonchev–Trinajstić information content (AvgIpc) is 2.73. The van der Waals surface area contributed by atoms with Gasteiger partial charge in [0.25, 0.3) is 0 Å². The number of aromatic nitrogens is 2. The molecule has 2 nitrogen and oxygen atoms in total. The standard InChI is InChI=1S/C13H22N2S/c1-8(2)12-7-14-13(16)15(12)11-6-5-9(3)10(11)4/h7-11H,5-6H2,1-4H3,(H,14,16). The van der Waals surface area contributed by atoms with Gasteiger partial charge in [0.2, 0.25) is 0 Å². The van der Waals surface area contributed by atoms with Gasteiger partial charge in [-0.25, -0.2) is 0 Å². The van der Waals surface area contributed by atoms with E-state index in [-0.39, 0.29) is 0 Å². The summed E-state index contributed by atoms with van der Waals surface area (Å²) in [7, 11) is 0. The zero-order valence-corrected chi connectivity index (χ0v) is 11.5. The van der Waals surface area contributed by atoms with Crippen LogP contribution >= 0.6 is 12.2 Å². The van der Waals surface area contributed by atoms with Gasteiger partial charge in [0.1, 0.15) is 0 Å². The molecule has 0 spiro atoms. The highest BCUT2D eigenvalue weighted by atomic mass is 32.1. The summed E-state index contributed by atoms with van der Waals surface area (Å²) in [6.45, 7) is 9.19. The molecule has 0 aromatic carbocycles. The van der Waals surface area contributed by atoms with E-state index in [9.17, 15) is 0 Å². The van der Waals surface area contributed by atoms with Crippen LogP contribution in [-0.2, 0) is 0 Å². The monoisotopic (exact) mass is 238 g/mol. The van der Waals surface area contributed by atoms with E-state index in [4.69, 9.17) is 12.2 Å². The minimum Gasteiger partial charge on any atom is -0.337 e. The molecule has 1 heterocycles. The number of imidazole rings is 1. The van der Waals surface area contributed by atoms with Gasteiger partial charge in [-0.2, -0.15) is 0 Å². The van der Waals surface area contributed by atoms with E-state index >= 15 is 0 Å². The molecule has 90 valence electrons. The summed E-state index contributed by atoms with van der Waals surface area (Å²) in [6, 6.07) is 0.603. The van der Waals surface area contributed by atoms with Crippen LogP contribution < -0.4 is 0 Å². The Labute approximate surface area is 103 Å². The zero-order valence-electron chi connectivity index (χ0n) is 10.7. The van der Waals surface area contributed by atoms with Crippen LogP contribution in [0, 0.1) is 16.6 Å². The Bertz CT molecular complexity index is 416. The van der Waals surface area contributed by atoms with Gasteiger partial charge < -0.3 is 9.55 Å². The van der Waals surface area contributed by atoms with Gasteiger partial charge in [0.15, 0.2) is 4.77 Å². The van der Waals surface area contributed by atoms with Crippen LogP contribution in [0.2, 0.25) is 0 Å². The molecule has 1 N–H and O–H groups in total. The van der Waals surface area contributed by atoms with Crippen molar-refractivity contribution in [2.75, 3.05) is 0 Å². The first-order valence-electron chi connectivity index (χ1n) is 6.32. The normalized spacial score (nSPS) is 30.2. The maximum absolute atomic E-state index is 5.43. The molecule has 16 heavy (non-hydrogen) atoms. The lowest BCUT2D eigenvalue weighted by molar-refractivity contribution is 0.342. The largest absolute Gasteiger partial charge is 0.337 e. The van der Waals surface area contributed by atoms with E-state index in [0.717, 1.165) is 16.6 Å². The molecular weight excluding hydrogens is 216 g/mol. The molecule has 2 rings (SSSR count).